The first-order valence-corrected chi connectivity index (χ1v) is 15.0. The number of rotatable bonds is 13. The van der Waals surface area contributed by atoms with Crippen LogP contribution >= 0.6 is 11.8 Å². The summed E-state index contributed by atoms with van der Waals surface area (Å²) in [5.41, 5.74) is 0.529. The maximum atomic E-state index is 13.2. The Morgan fingerprint density at radius 1 is 1.15 bits per heavy atom. The van der Waals surface area contributed by atoms with Crippen LogP contribution in [-0.4, -0.2) is 76.4 Å². The summed E-state index contributed by atoms with van der Waals surface area (Å²) in [5, 5.41) is 20.5. The predicted octanol–water partition coefficient (Wildman–Crippen LogP) is 2.67. The molecule has 0 spiro atoms. The normalized spacial score (nSPS) is 19.1. The highest BCUT2D eigenvalue weighted by Gasteiger charge is 2.40. The van der Waals surface area contributed by atoms with Crippen LogP contribution < -0.4 is 16.0 Å². The standard InChI is InChI=1S/C29H38N4O5S/c1-39-16-13-24(28(37)38)31-26(35)18-33(17-21-9-6-8-20-7-2-3-10-22(20)21)19-29(14-4-5-15-29)32-27(36)23-11-12-25(34)30-23/h2-3,6-10,23-24H,4-5,11-19H2,1H3,(H,30,34)(H,31,35)(H,32,36)(H,37,38)/t23-,24-/m0/s1. The van der Waals surface area contributed by atoms with E-state index in [1.165, 1.54) is 11.8 Å². The van der Waals surface area contributed by atoms with Gasteiger partial charge in [0.15, 0.2) is 0 Å². The van der Waals surface area contributed by atoms with Crippen molar-refractivity contribution in [2.24, 2.45) is 0 Å². The van der Waals surface area contributed by atoms with Crippen molar-refractivity contribution in [1.82, 2.24) is 20.9 Å². The minimum Gasteiger partial charge on any atom is -0.480 e. The Morgan fingerprint density at radius 2 is 1.90 bits per heavy atom. The van der Waals surface area contributed by atoms with E-state index < -0.39 is 23.6 Å². The molecular weight excluding hydrogens is 516 g/mol. The molecule has 4 N–H and O–H groups in total. The maximum absolute atomic E-state index is 13.2. The molecule has 4 rings (SSSR count). The van der Waals surface area contributed by atoms with Gasteiger partial charge in [0.1, 0.15) is 12.1 Å². The fraction of sp³-hybridized carbons (Fsp3) is 0.517. The molecule has 2 aromatic carbocycles. The number of benzene rings is 2. The van der Waals surface area contributed by atoms with E-state index in [-0.39, 0.29) is 24.3 Å². The largest absolute Gasteiger partial charge is 0.480 e. The molecule has 2 atom stereocenters. The van der Waals surface area contributed by atoms with Gasteiger partial charge in [0, 0.05) is 19.5 Å². The molecule has 2 fully saturated rings. The molecule has 0 radical (unpaired) electrons. The zero-order valence-corrected chi connectivity index (χ0v) is 23.2. The highest BCUT2D eigenvalue weighted by Crippen LogP contribution is 2.32. The fourth-order valence-corrected chi connectivity index (χ4v) is 6.21. The second-order valence-corrected chi connectivity index (χ2v) is 11.6. The predicted molar refractivity (Wildman–Crippen MR) is 152 cm³/mol. The van der Waals surface area contributed by atoms with Gasteiger partial charge < -0.3 is 21.1 Å². The van der Waals surface area contributed by atoms with Gasteiger partial charge in [-0.15, -0.1) is 0 Å². The number of nitrogens with one attached hydrogen (secondary N) is 3. The second-order valence-electron chi connectivity index (χ2n) is 10.7. The number of aliphatic carboxylic acids is 1. The van der Waals surface area contributed by atoms with E-state index in [0.29, 0.717) is 38.1 Å². The minimum atomic E-state index is -1.05. The number of hydrogen-bond acceptors (Lipinski definition) is 6. The third-order valence-electron chi connectivity index (χ3n) is 7.67. The van der Waals surface area contributed by atoms with Gasteiger partial charge in [0.2, 0.25) is 17.7 Å². The lowest BCUT2D eigenvalue weighted by molar-refractivity contribution is -0.142. The van der Waals surface area contributed by atoms with Gasteiger partial charge in [-0.3, -0.25) is 19.3 Å². The summed E-state index contributed by atoms with van der Waals surface area (Å²) in [6.07, 6.45) is 6.55. The number of amides is 3. The third kappa shape index (κ3) is 7.73. The second kappa shape index (κ2) is 13.3. The van der Waals surface area contributed by atoms with E-state index in [1.807, 2.05) is 47.6 Å². The van der Waals surface area contributed by atoms with E-state index in [9.17, 15) is 24.3 Å². The first-order valence-electron chi connectivity index (χ1n) is 13.6. The van der Waals surface area contributed by atoms with Crippen molar-refractivity contribution in [3.63, 3.8) is 0 Å². The number of carbonyl (C=O) groups excluding carboxylic acids is 3. The number of carboxylic acids is 1. The Bertz CT molecular complexity index is 1190. The summed E-state index contributed by atoms with van der Waals surface area (Å²) in [6, 6.07) is 12.7. The lowest BCUT2D eigenvalue weighted by atomic mass is 9.95. The van der Waals surface area contributed by atoms with E-state index in [2.05, 4.69) is 22.0 Å². The summed E-state index contributed by atoms with van der Waals surface area (Å²) in [5.74, 6) is -1.06. The highest BCUT2D eigenvalue weighted by molar-refractivity contribution is 7.98. The quantitative estimate of drug-likeness (QED) is 0.300. The molecule has 0 bridgehead atoms. The van der Waals surface area contributed by atoms with E-state index in [4.69, 9.17) is 0 Å². The molecule has 9 nitrogen and oxygen atoms in total. The van der Waals surface area contributed by atoms with Crippen molar-refractivity contribution in [3.05, 3.63) is 48.0 Å². The molecule has 210 valence electrons. The van der Waals surface area contributed by atoms with Gasteiger partial charge in [-0.25, -0.2) is 4.79 Å². The van der Waals surface area contributed by atoms with Crippen molar-refractivity contribution < 1.29 is 24.3 Å². The van der Waals surface area contributed by atoms with Gasteiger partial charge in [-0.2, -0.15) is 11.8 Å². The molecule has 1 aliphatic heterocycles. The van der Waals surface area contributed by atoms with Gasteiger partial charge in [0.25, 0.3) is 0 Å². The third-order valence-corrected chi connectivity index (χ3v) is 8.32. The lowest BCUT2D eigenvalue weighted by Gasteiger charge is -2.37. The molecule has 0 unspecified atom stereocenters. The molecule has 2 aliphatic rings. The SMILES string of the molecule is CSCC[C@H](NC(=O)CN(Cc1cccc2ccccc12)CC1(NC(=O)[C@@H]2CCC(=O)N2)CCCC1)C(=O)O. The Morgan fingerprint density at radius 3 is 2.59 bits per heavy atom. The first kappa shape index (κ1) is 28.9. The number of fused-ring (bicyclic) bond motifs is 1. The first-order chi connectivity index (χ1) is 18.8. The number of carboxylic acid groups (broad SMARTS) is 1. The molecule has 1 saturated heterocycles. The monoisotopic (exact) mass is 554 g/mol. The molecule has 3 amide bonds. The number of nitrogens with zero attached hydrogens (tertiary/aromatic N) is 1. The van der Waals surface area contributed by atoms with Crippen LogP contribution in [0.25, 0.3) is 10.8 Å². The zero-order chi connectivity index (χ0) is 27.8. The van der Waals surface area contributed by atoms with Crippen molar-refractivity contribution in [2.45, 2.75) is 69.1 Å². The molecular formula is C29H38N4O5S. The summed E-state index contributed by atoms with van der Waals surface area (Å²) < 4.78 is 0. The molecule has 1 saturated carbocycles. The number of thioether (sulfide) groups is 1. The Labute approximate surface area is 233 Å². The van der Waals surface area contributed by atoms with Gasteiger partial charge >= 0.3 is 5.97 Å². The van der Waals surface area contributed by atoms with Crippen LogP contribution in [0.2, 0.25) is 0 Å². The topological polar surface area (TPSA) is 128 Å². The Kier molecular flexibility index (Phi) is 9.85. The van der Waals surface area contributed by atoms with E-state index in [0.717, 1.165) is 42.0 Å². The van der Waals surface area contributed by atoms with Crippen LogP contribution in [0.5, 0.6) is 0 Å². The van der Waals surface area contributed by atoms with Crippen LogP contribution in [0.15, 0.2) is 42.5 Å². The minimum absolute atomic E-state index is 0.00402. The molecule has 39 heavy (non-hydrogen) atoms. The van der Waals surface area contributed by atoms with Gasteiger partial charge in [-0.05, 0) is 54.0 Å². The van der Waals surface area contributed by atoms with Crippen LogP contribution in [0.3, 0.4) is 0 Å². The van der Waals surface area contributed by atoms with E-state index in [1.54, 1.807) is 0 Å². The molecule has 1 aliphatic carbocycles. The Balaban J connectivity index is 1.55. The molecule has 0 aromatic heterocycles. The maximum Gasteiger partial charge on any atom is 0.326 e. The summed E-state index contributed by atoms with van der Waals surface area (Å²) in [7, 11) is 0. The highest BCUT2D eigenvalue weighted by atomic mass is 32.2. The van der Waals surface area contributed by atoms with Crippen LogP contribution in [0.1, 0.15) is 50.5 Å². The number of hydrogen-bond donors (Lipinski definition) is 4. The zero-order valence-electron chi connectivity index (χ0n) is 22.4. The summed E-state index contributed by atoms with van der Waals surface area (Å²) >= 11 is 1.54. The van der Waals surface area contributed by atoms with E-state index >= 15 is 0 Å². The lowest BCUT2D eigenvalue weighted by Crippen LogP contribution is -2.58. The van der Waals surface area contributed by atoms with Gasteiger partial charge in [0.05, 0.1) is 12.1 Å². The summed E-state index contributed by atoms with van der Waals surface area (Å²) in [4.78, 5) is 51.8. The molecule has 10 heteroatoms. The van der Waals surface area contributed by atoms with Gasteiger partial charge in [-0.1, -0.05) is 55.3 Å². The van der Waals surface area contributed by atoms with Crippen molar-refractivity contribution >= 4 is 46.2 Å². The Hall–Kier alpha value is -3.11. The van der Waals surface area contributed by atoms with Crippen molar-refractivity contribution in [3.8, 4) is 0 Å². The van der Waals surface area contributed by atoms with Crippen LogP contribution in [0, 0.1) is 0 Å². The fourth-order valence-electron chi connectivity index (χ4n) is 5.74. The smallest absolute Gasteiger partial charge is 0.326 e. The average molecular weight is 555 g/mol. The van der Waals surface area contributed by atoms with Crippen molar-refractivity contribution in [2.75, 3.05) is 25.1 Å². The molecule has 2 aromatic rings. The average Bonchev–Trinajstić information content (AvgIpc) is 3.55. The molecule has 1 heterocycles. The number of carbonyl (C=O) groups is 4. The van der Waals surface area contributed by atoms with Crippen LogP contribution in [0.4, 0.5) is 0 Å². The summed E-state index contributed by atoms with van der Waals surface area (Å²) in [6.45, 7) is 0.914. The van der Waals surface area contributed by atoms with Crippen LogP contribution in [-0.2, 0) is 25.7 Å². The van der Waals surface area contributed by atoms with Crippen molar-refractivity contribution in [1.29, 1.82) is 0 Å².